The number of ether oxygens (including phenoxy) is 1. The van der Waals surface area contributed by atoms with E-state index in [0.29, 0.717) is 35.1 Å². The first-order valence-electron chi connectivity index (χ1n) is 12.0. The van der Waals surface area contributed by atoms with Gasteiger partial charge in [-0.25, -0.2) is 0 Å². The Hall–Kier alpha value is -2.18. The molecule has 3 atom stereocenters. The lowest BCUT2D eigenvalue weighted by atomic mass is 9.72. The molecule has 0 spiro atoms. The third kappa shape index (κ3) is 5.02. The summed E-state index contributed by atoms with van der Waals surface area (Å²) in [6.07, 6.45) is 2.91. The minimum Gasteiger partial charge on any atom is -0.372 e. The molecule has 1 aromatic heterocycles. The average Bonchev–Trinajstić information content (AvgIpc) is 3.09. The molecule has 1 fully saturated rings. The quantitative estimate of drug-likeness (QED) is 0.628. The first-order chi connectivity index (χ1) is 15.5. The zero-order valence-corrected chi connectivity index (χ0v) is 21.5. The van der Waals surface area contributed by atoms with Crippen LogP contribution in [0.4, 0.5) is 5.00 Å². The van der Waals surface area contributed by atoms with E-state index in [1.807, 2.05) is 49.9 Å². The lowest BCUT2D eigenvalue weighted by molar-refractivity contribution is -0.0586. The van der Waals surface area contributed by atoms with Crippen molar-refractivity contribution in [1.29, 1.82) is 0 Å². The van der Waals surface area contributed by atoms with Crippen molar-refractivity contribution >= 4 is 28.2 Å². The smallest absolute Gasteiger partial charge is 0.257 e. The number of carbonyl (C=O) groups is 2. The van der Waals surface area contributed by atoms with Crippen molar-refractivity contribution in [3.8, 4) is 0 Å². The molecular weight excluding hydrogens is 432 g/mol. The molecule has 5 nitrogen and oxygen atoms in total. The highest BCUT2D eigenvalue weighted by Crippen LogP contribution is 2.45. The van der Waals surface area contributed by atoms with Gasteiger partial charge in [0.05, 0.1) is 17.8 Å². The Kier molecular flexibility index (Phi) is 6.70. The molecule has 0 bridgehead atoms. The maximum Gasteiger partial charge on any atom is 0.257 e. The van der Waals surface area contributed by atoms with Gasteiger partial charge in [0.15, 0.2) is 0 Å². The second-order valence-corrected chi connectivity index (χ2v) is 11.9. The standard InChI is InChI=1S/C27H36N2O3S/c1-16-9-7-8-10-20(16)24(30)28-25-23(26(31)29-14-17(2)32-18(3)15-29)21-12-11-19(27(4,5)6)13-22(21)33-25/h7-10,17-19H,11-15H2,1-6H3,(H,28,30). The highest BCUT2D eigenvalue weighted by Gasteiger charge is 2.36. The van der Waals surface area contributed by atoms with Crippen molar-refractivity contribution in [3.05, 3.63) is 51.4 Å². The molecule has 2 aromatic rings. The van der Waals surface area contributed by atoms with Crippen LogP contribution in [0.1, 0.15) is 77.8 Å². The Morgan fingerprint density at radius 1 is 1.12 bits per heavy atom. The van der Waals surface area contributed by atoms with E-state index in [9.17, 15) is 9.59 Å². The number of amides is 2. The molecular formula is C27H36N2O3S. The van der Waals surface area contributed by atoms with Gasteiger partial charge in [-0.15, -0.1) is 11.3 Å². The van der Waals surface area contributed by atoms with Gasteiger partial charge in [-0.3, -0.25) is 9.59 Å². The van der Waals surface area contributed by atoms with Crippen molar-refractivity contribution in [2.24, 2.45) is 11.3 Å². The van der Waals surface area contributed by atoms with Crippen LogP contribution in [0.2, 0.25) is 0 Å². The van der Waals surface area contributed by atoms with Gasteiger partial charge in [0.2, 0.25) is 0 Å². The number of hydrogen-bond donors (Lipinski definition) is 1. The zero-order valence-electron chi connectivity index (χ0n) is 20.7. The average molecular weight is 469 g/mol. The van der Waals surface area contributed by atoms with Gasteiger partial charge in [0.1, 0.15) is 5.00 Å². The summed E-state index contributed by atoms with van der Waals surface area (Å²) in [5.41, 5.74) is 3.62. The third-order valence-corrected chi connectivity index (χ3v) is 8.20. The highest BCUT2D eigenvalue weighted by molar-refractivity contribution is 7.17. The lowest BCUT2D eigenvalue weighted by Gasteiger charge is -2.36. The first-order valence-corrected chi connectivity index (χ1v) is 12.8. The van der Waals surface area contributed by atoms with Crippen molar-refractivity contribution in [3.63, 3.8) is 0 Å². The fourth-order valence-electron chi connectivity index (χ4n) is 5.14. The minimum absolute atomic E-state index is 0.00226. The van der Waals surface area contributed by atoms with Crippen LogP contribution in [0, 0.1) is 18.3 Å². The molecule has 1 saturated heterocycles. The number of nitrogens with one attached hydrogen (secondary N) is 1. The van der Waals surface area contributed by atoms with Gasteiger partial charge in [-0.2, -0.15) is 0 Å². The number of benzene rings is 1. The van der Waals surface area contributed by atoms with Gasteiger partial charge < -0.3 is 15.0 Å². The Morgan fingerprint density at radius 3 is 2.42 bits per heavy atom. The van der Waals surface area contributed by atoms with Gasteiger partial charge in [0.25, 0.3) is 11.8 Å². The maximum absolute atomic E-state index is 13.8. The second kappa shape index (κ2) is 9.22. The van der Waals surface area contributed by atoms with Crippen molar-refractivity contribution in [1.82, 2.24) is 4.90 Å². The van der Waals surface area contributed by atoms with Gasteiger partial charge in [-0.05, 0) is 68.6 Å². The first kappa shape index (κ1) is 24.0. The van der Waals surface area contributed by atoms with E-state index in [1.54, 1.807) is 11.3 Å². The Bertz CT molecular complexity index is 1040. The molecule has 4 rings (SSSR count). The Labute approximate surface area is 201 Å². The van der Waals surface area contributed by atoms with E-state index < -0.39 is 0 Å². The molecule has 6 heteroatoms. The molecule has 2 heterocycles. The zero-order chi connectivity index (χ0) is 23.9. The summed E-state index contributed by atoms with van der Waals surface area (Å²) < 4.78 is 5.85. The maximum atomic E-state index is 13.8. The van der Waals surface area contributed by atoms with Gasteiger partial charge in [0, 0.05) is 23.5 Å². The molecule has 2 amide bonds. The number of thiophene rings is 1. The van der Waals surface area contributed by atoms with Crippen LogP contribution in [0.5, 0.6) is 0 Å². The second-order valence-electron chi connectivity index (χ2n) is 10.8. The minimum atomic E-state index is -0.156. The monoisotopic (exact) mass is 468 g/mol. The summed E-state index contributed by atoms with van der Waals surface area (Å²) in [4.78, 5) is 30.2. The van der Waals surface area contributed by atoms with Crippen molar-refractivity contribution in [2.45, 2.75) is 73.0 Å². The molecule has 1 aliphatic heterocycles. The SMILES string of the molecule is Cc1ccccc1C(=O)Nc1sc2c(c1C(=O)N1CC(C)OC(C)C1)CCC(C(C)(C)C)C2. The normalized spacial score (nSPS) is 23.2. The van der Waals surface area contributed by atoms with Gasteiger partial charge in [-0.1, -0.05) is 39.0 Å². The van der Waals surface area contributed by atoms with Crippen LogP contribution < -0.4 is 5.32 Å². The topological polar surface area (TPSA) is 58.6 Å². The largest absolute Gasteiger partial charge is 0.372 e. The summed E-state index contributed by atoms with van der Waals surface area (Å²) in [7, 11) is 0. The predicted molar refractivity (Wildman–Crippen MR) is 134 cm³/mol. The van der Waals surface area contributed by atoms with Crippen LogP contribution in [-0.4, -0.2) is 42.0 Å². The van der Waals surface area contributed by atoms with E-state index in [4.69, 9.17) is 4.74 Å². The number of fused-ring (bicyclic) bond motifs is 1. The fourth-order valence-corrected chi connectivity index (χ4v) is 6.45. The van der Waals surface area contributed by atoms with E-state index in [1.165, 1.54) is 4.88 Å². The Balaban J connectivity index is 1.71. The van der Waals surface area contributed by atoms with Crippen LogP contribution >= 0.6 is 11.3 Å². The summed E-state index contributed by atoms with van der Waals surface area (Å²) in [6, 6.07) is 7.57. The van der Waals surface area contributed by atoms with E-state index in [2.05, 4.69) is 26.1 Å². The molecule has 1 N–H and O–H groups in total. The molecule has 0 radical (unpaired) electrons. The molecule has 2 aliphatic rings. The van der Waals surface area contributed by atoms with Crippen LogP contribution in [0.3, 0.4) is 0 Å². The summed E-state index contributed by atoms with van der Waals surface area (Å²) >= 11 is 1.59. The number of nitrogens with zero attached hydrogens (tertiary/aromatic N) is 1. The van der Waals surface area contributed by atoms with Crippen LogP contribution in [0.25, 0.3) is 0 Å². The van der Waals surface area contributed by atoms with E-state index >= 15 is 0 Å². The van der Waals surface area contributed by atoms with E-state index in [0.717, 1.165) is 30.4 Å². The summed E-state index contributed by atoms with van der Waals surface area (Å²) in [6.45, 7) is 14.0. The van der Waals surface area contributed by atoms with Crippen LogP contribution in [0.15, 0.2) is 24.3 Å². The van der Waals surface area contributed by atoms with Crippen molar-refractivity contribution in [2.75, 3.05) is 18.4 Å². The number of carbonyl (C=O) groups excluding carboxylic acids is 2. The van der Waals surface area contributed by atoms with E-state index in [-0.39, 0.29) is 29.4 Å². The fraction of sp³-hybridized carbons (Fsp3) is 0.556. The molecule has 1 aromatic carbocycles. The lowest BCUT2D eigenvalue weighted by Crippen LogP contribution is -2.48. The van der Waals surface area contributed by atoms with Gasteiger partial charge >= 0.3 is 0 Å². The molecule has 3 unspecified atom stereocenters. The van der Waals surface area contributed by atoms with Crippen LogP contribution in [-0.2, 0) is 17.6 Å². The summed E-state index contributed by atoms with van der Waals surface area (Å²) in [5, 5.41) is 3.82. The Morgan fingerprint density at radius 2 is 1.79 bits per heavy atom. The predicted octanol–water partition coefficient (Wildman–Crippen LogP) is 5.71. The number of aryl methyl sites for hydroxylation is 1. The number of anilines is 1. The molecule has 33 heavy (non-hydrogen) atoms. The highest BCUT2D eigenvalue weighted by atomic mass is 32.1. The number of rotatable bonds is 3. The molecule has 0 saturated carbocycles. The third-order valence-electron chi connectivity index (χ3n) is 7.03. The number of morpholine rings is 1. The summed E-state index contributed by atoms with van der Waals surface area (Å²) in [5.74, 6) is 0.426. The van der Waals surface area contributed by atoms with Crippen molar-refractivity contribution < 1.29 is 14.3 Å². The molecule has 178 valence electrons. The number of hydrogen-bond acceptors (Lipinski definition) is 4. The molecule has 1 aliphatic carbocycles.